The second kappa shape index (κ2) is 5.99. The highest BCUT2D eigenvalue weighted by Gasteiger charge is 2.31. The summed E-state index contributed by atoms with van der Waals surface area (Å²) in [5.41, 5.74) is 0. The Morgan fingerprint density at radius 1 is 1.38 bits per heavy atom. The van der Waals surface area contributed by atoms with Crippen molar-refractivity contribution < 1.29 is 4.74 Å². The van der Waals surface area contributed by atoms with E-state index < -0.39 is 0 Å². The minimum absolute atomic E-state index is 0.506. The number of hydrogen-bond acceptors (Lipinski definition) is 3. The molecule has 1 aliphatic heterocycles. The molecule has 3 unspecified atom stereocenters. The van der Waals surface area contributed by atoms with E-state index >= 15 is 0 Å². The van der Waals surface area contributed by atoms with Gasteiger partial charge < -0.3 is 10.1 Å². The molecule has 1 saturated carbocycles. The van der Waals surface area contributed by atoms with Gasteiger partial charge in [0.25, 0.3) is 0 Å². The van der Waals surface area contributed by atoms with Crippen molar-refractivity contribution in [2.24, 2.45) is 0 Å². The second-order valence-corrected chi connectivity index (χ2v) is 5.18. The van der Waals surface area contributed by atoms with Gasteiger partial charge in [-0.15, -0.1) is 0 Å². The molecule has 16 heavy (non-hydrogen) atoms. The zero-order chi connectivity index (χ0) is 11.4. The average molecular weight is 226 g/mol. The summed E-state index contributed by atoms with van der Waals surface area (Å²) in [7, 11) is 1.86. The fourth-order valence-corrected chi connectivity index (χ4v) is 3.27. The molecule has 0 aromatic rings. The van der Waals surface area contributed by atoms with Crippen molar-refractivity contribution in [3.05, 3.63) is 0 Å². The van der Waals surface area contributed by atoms with Crippen molar-refractivity contribution >= 4 is 0 Å². The molecule has 0 bridgehead atoms. The van der Waals surface area contributed by atoms with E-state index in [0.717, 1.165) is 18.6 Å². The van der Waals surface area contributed by atoms with E-state index in [-0.39, 0.29) is 0 Å². The minimum atomic E-state index is 0.506. The third-order valence-corrected chi connectivity index (χ3v) is 4.27. The van der Waals surface area contributed by atoms with Crippen LogP contribution in [0.3, 0.4) is 0 Å². The molecule has 0 amide bonds. The van der Waals surface area contributed by atoms with Gasteiger partial charge in [0.2, 0.25) is 0 Å². The van der Waals surface area contributed by atoms with E-state index in [1.807, 2.05) is 7.11 Å². The van der Waals surface area contributed by atoms with Crippen LogP contribution in [0, 0.1) is 0 Å². The fourth-order valence-electron chi connectivity index (χ4n) is 3.27. The SMILES string of the molecule is CCC1CNCCN1C1CCCC(OC)C1. The molecule has 2 rings (SSSR count). The Morgan fingerprint density at radius 2 is 2.25 bits per heavy atom. The van der Waals surface area contributed by atoms with Gasteiger partial charge in [-0.25, -0.2) is 0 Å². The third kappa shape index (κ3) is 2.76. The Hall–Kier alpha value is -0.120. The number of nitrogens with one attached hydrogen (secondary N) is 1. The fraction of sp³-hybridized carbons (Fsp3) is 1.00. The third-order valence-electron chi connectivity index (χ3n) is 4.27. The van der Waals surface area contributed by atoms with Gasteiger partial charge in [-0.2, -0.15) is 0 Å². The molecule has 2 aliphatic rings. The Balaban J connectivity index is 1.93. The number of methoxy groups -OCH3 is 1. The summed E-state index contributed by atoms with van der Waals surface area (Å²) in [6.07, 6.45) is 6.98. The minimum Gasteiger partial charge on any atom is -0.381 e. The van der Waals surface area contributed by atoms with E-state index in [0.29, 0.717) is 6.10 Å². The average Bonchev–Trinajstić information content (AvgIpc) is 2.38. The molecule has 94 valence electrons. The lowest BCUT2D eigenvalue weighted by Gasteiger charge is -2.44. The van der Waals surface area contributed by atoms with Crippen LogP contribution in [0.2, 0.25) is 0 Å². The van der Waals surface area contributed by atoms with Gasteiger partial charge in [0.1, 0.15) is 0 Å². The van der Waals surface area contributed by atoms with Crippen LogP contribution in [0.25, 0.3) is 0 Å². The highest BCUT2D eigenvalue weighted by molar-refractivity contribution is 4.88. The van der Waals surface area contributed by atoms with E-state index in [4.69, 9.17) is 4.74 Å². The largest absolute Gasteiger partial charge is 0.381 e. The topological polar surface area (TPSA) is 24.5 Å². The Morgan fingerprint density at radius 3 is 3.00 bits per heavy atom. The van der Waals surface area contributed by atoms with E-state index in [9.17, 15) is 0 Å². The van der Waals surface area contributed by atoms with Gasteiger partial charge in [0.05, 0.1) is 6.10 Å². The first-order valence-corrected chi connectivity index (χ1v) is 6.84. The van der Waals surface area contributed by atoms with E-state index in [2.05, 4.69) is 17.1 Å². The molecule has 3 nitrogen and oxygen atoms in total. The highest BCUT2D eigenvalue weighted by Crippen LogP contribution is 2.27. The molecule has 1 N–H and O–H groups in total. The van der Waals surface area contributed by atoms with Gasteiger partial charge in [-0.3, -0.25) is 4.90 Å². The Kier molecular flexibility index (Phi) is 4.62. The first-order valence-electron chi connectivity index (χ1n) is 6.84. The monoisotopic (exact) mass is 226 g/mol. The molecule has 0 aromatic heterocycles. The summed E-state index contributed by atoms with van der Waals surface area (Å²) in [4.78, 5) is 2.74. The molecular formula is C13H26N2O. The molecule has 1 heterocycles. The summed E-state index contributed by atoms with van der Waals surface area (Å²) >= 11 is 0. The Bertz CT molecular complexity index is 210. The van der Waals surface area contributed by atoms with Crippen LogP contribution >= 0.6 is 0 Å². The zero-order valence-electron chi connectivity index (χ0n) is 10.7. The van der Waals surface area contributed by atoms with Crippen LogP contribution < -0.4 is 5.32 Å². The Labute approximate surface area is 99.5 Å². The molecular weight excluding hydrogens is 200 g/mol. The lowest BCUT2D eigenvalue weighted by Crippen LogP contribution is -2.56. The summed E-state index contributed by atoms with van der Waals surface area (Å²) < 4.78 is 5.54. The molecule has 1 aliphatic carbocycles. The van der Waals surface area contributed by atoms with Crippen molar-refractivity contribution in [3.8, 4) is 0 Å². The van der Waals surface area contributed by atoms with Gasteiger partial charge >= 0.3 is 0 Å². The van der Waals surface area contributed by atoms with E-state index in [1.54, 1.807) is 0 Å². The molecule has 0 aromatic carbocycles. The van der Waals surface area contributed by atoms with Gasteiger partial charge in [0.15, 0.2) is 0 Å². The summed E-state index contributed by atoms with van der Waals surface area (Å²) in [5.74, 6) is 0. The maximum absolute atomic E-state index is 5.54. The summed E-state index contributed by atoms with van der Waals surface area (Å²) in [6.45, 7) is 5.86. The molecule has 0 radical (unpaired) electrons. The predicted octanol–water partition coefficient (Wildman–Crippen LogP) is 1.63. The molecule has 0 spiro atoms. The molecule has 3 atom stereocenters. The highest BCUT2D eigenvalue weighted by atomic mass is 16.5. The maximum Gasteiger partial charge on any atom is 0.0586 e. The van der Waals surface area contributed by atoms with Gasteiger partial charge in [0, 0.05) is 38.8 Å². The number of hydrogen-bond donors (Lipinski definition) is 1. The van der Waals surface area contributed by atoms with Crippen LogP contribution in [0.1, 0.15) is 39.0 Å². The molecule has 2 fully saturated rings. The smallest absolute Gasteiger partial charge is 0.0586 e. The molecule has 3 heteroatoms. The predicted molar refractivity (Wildman–Crippen MR) is 66.7 cm³/mol. The standard InChI is InChI=1S/C13H26N2O/c1-3-11-10-14-7-8-15(11)12-5-4-6-13(9-12)16-2/h11-14H,3-10H2,1-2H3. The van der Waals surface area contributed by atoms with Crippen molar-refractivity contribution in [2.75, 3.05) is 26.7 Å². The normalized spacial score (nSPS) is 37.5. The molecule has 1 saturated heterocycles. The van der Waals surface area contributed by atoms with Crippen molar-refractivity contribution in [3.63, 3.8) is 0 Å². The van der Waals surface area contributed by atoms with Crippen molar-refractivity contribution in [1.29, 1.82) is 0 Å². The number of nitrogens with zero attached hydrogens (tertiary/aromatic N) is 1. The summed E-state index contributed by atoms with van der Waals surface area (Å²) in [6, 6.07) is 1.51. The number of ether oxygens (including phenoxy) is 1. The number of piperazine rings is 1. The van der Waals surface area contributed by atoms with Crippen LogP contribution in [0.4, 0.5) is 0 Å². The number of rotatable bonds is 3. The van der Waals surface area contributed by atoms with Gasteiger partial charge in [-0.05, 0) is 32.1 Å². The van der Waals surface area contributed by atoms with Crippen molar-refractivity contribution in [1.82, 2.24) is 10.2 Å². The van der Waals surface area contributed by atoms with Gasteiger partial charge in [-0.1, -0.05) is 6.92 Å². The van der Waals surface area contributed by atoms with Crippen LogP contribution in [-0.4, -0.2) is 49.8 Å². The quantitative estimate of drug-likeness (QED) is 0.791. The van der Waals surface area contributed by atoms with Crippen LogP contribution in [-0.2, 0) is 4.74 Å². The van der Waals surface area contributed by atoms with Crippen molar-refractivity contribution in [2.45, 2.75) is 57.2 Å². The zero-order valence-corrected chi connectivity index (χ0v) is 10.7. The lowest BCUT2D eigenvalue weighted by molar-refractivity contribution is 0.00692. The van der Waals surface area contributed by atoms with E-state index in [1.165, 1.54) is 45.2 Å². The second-order valence-electron chi connectivity index (χ2n) is 5.18. The van der Waals surface area contributed by atoms with Crippen LogP contribution in [0.15, 0.2) is 0 Å². The van der Waals surface area contributed by atoms with Crippen LogP contribution in [0.5, 0.6) is 0 Å². The summed E-state index contributed by atoms with van der Waals surface area (Å²) in [5, 5.41) is 3.51. The maximum atomic E-state index is 5.54. The first-order chi connectivity index (χ1) is 7.85. The lowest BCUT2D eigenvalue weighted by atomic mass is 9.90. The first kappa shape index (κ1) is 12.3.